The average Bonchev–Trinajstić information content (AvgIpc) is 3.06. The maximum atomic E-state index is 13.5. The normalized spacial score (nSPS) is 11.5. The molecule has 1 heterocycles. The van der Waals surface area contributed by atoms with Crippen LogP contribution >= 0.6 is 11.6 Å². The van der Waals surface area contributed by atoms with Crippen LogP contribution < -0.4 is 5.32 Å². The van der Waals surface area contributed by atoms with Crippen molar-refractivity contribution in [1.82, 2.24) is 4.98 Å². The molecule has 146 valence electrons. The summed E-state index contributed by atoms with van der Waals surface area (Å²) in [7, 11) is -3.98. The number of benzene rings is 3. The molecule has 3 aromatic carbocycles. The summed E-state index contributed by atoms with van der Waals surface area (Å²) in [6.45, 7) is 0. The molecule has 0 saturated heterocycles. The summed E-state index contributed by atoms with van der Waals surface area (Å²) in [6.07, 6.45) is 0. The van der Waals surface area contributed by atoms with Crippen LogP contribution in [0.4, 0.5) is 10.2 Å². The maximum Gasteiger partial charge on any atom is 0.256 e. The van der Waals surface area contributed by atoms with Crippen molar-refractivity contribution in [2.75, 3.05) is 5.32 Å². The van der Waals surface area contributed by atoms with Gasteiger partial charge in [-0.3, -0.25) is 4.79 Å². The molecule has 0 spiro atoms. The first-order valence-corrected chi connectivity index (χ1v) is 10.4. The highest BCUT2D eigenvalue weighted by Crippen LogP contribution is 2.36. The Morgan fingerprint density at radius 2 is 1.72 bits per heavy atom. The number of rotatable bonds is 4. The first-order valence-electron chi connectivity index (χ1n) is 8.54. The summed E-state index contributed by atoms with van der Waals surface area (Å²) < 4.78 is 40.1. The highest BCUT2D eigenvalue weighted by Gasteiger charge is 2.27. The number of aromatic amines is 1. The van der Waals surface area contributed by atoms with Gasteiger partial charge >= 0.3 is 0 Å². The number of aromatic nitrogens is 1. The lowest BCUT2D eigenvalue weighted by molar-refractivity contribution is 0.102. The Balaban J connectivity index is 1.88. The molecule has 1 aromatic heterocycles. The van der Waals surface area contributed by atoms with E-state index in [1.165, 1.54) is 36.4 Å². The van der Waals surface area contributed by atoms with Gasteiger partial charge in [0.2, 0.25) is 9.84 Å². The van der Waals surface area contributed by atoms with E-state index in [0.717, 1.165) is 6.07 Å². The molecule has 29 heavy (non-hydrogen) atoms. The summed E-state index contributed by atoms with van der Waals surface area (Å²) in [6, 6.07) is 17.7. The zero-order valence-corrected chi connectivity index (χ0v) is 16.4. The van der Waals surface area contributed by atoms with Crippen LogP contribution in [0.25, 0.3) is 10.9 Å². The van der Waals surface area contributed by atoms with Crippen LogP contribution in [-0.4, -0.2) is 19.3 Å². The molecule has 0 atom stereocenters. The fraction of sp³-hybridized carbons (Fsp3) is 0. The molecule has 8 heteroatoms. The SMILES string of the molecule is O=C(Nc1[nH]c2ccc(Cl)cc2c1S(=O)(=O)c1ccccc1)c1cccc(F)c1. The van der Waals surface area contributed by atoms with Crippen LogP contribution in [-0.2, 0) is 9.84 Å². The summed E-state index contributed by atoms with van der Waals surface area (Å²) in [5, 5.41) is 3.25. The molecular formula is C21H14ClFN2O3S. The lowest BCUT2D eigenvalue weighted by atomic mass is 10.2. The molecule has 0 radical (unpaired) electrons. The molecule has 4 aromatic rings. The molecule has 0 saturated carbocycles. The van der Waals surface area contributed by atoms with Gasteiger partial charge in [0.15, 0.2) is 0 Å². The molecular weight excluding hydrogens is 415 g/mol. The fourth-order valence-corrected chi connectivity index (χ4v) is 4.79. The Labute approximate surface area is 171 Å². The van der Waals surface area contributed by atoms with E-state index in [0.29, 0.717) is 15.9 Å². The number of H-pyrrole nitrogens is 1. The molecule has 2 N–H and O–H groups in total. The smallest absolute Gasteiger partial charge is 0.256 e. The second-order valence-corrected chi connectivity index (χ2v) is 8.62. The monoisotopic (exact) mass is 428 g/mol. The van der Waals surface area contributed by atoms with E-state index in [-0.39, 0.29) is 21.2 Å². The first-order chi connectivity index (χ1) is 13.9. The molecule has 0 bridgehead atoms. The van der Waals surface area contributed by atoms with Crippen LogP contribution in [0, 0.1) is 5.82 Å². The fourth-order valence-electron chi connectivity index (χ4n) is 3.04. The van der Waals surface area contributed by atoms with Gasteiger partial charge in [-0.05, 0) is 48.5 Å². The third-order valence-corrected chi connectivity index (χ3v) is 6.45. The van der Waals surface area contributed by atoms with Gasteiger partial charge in [-0.15, -0.1) is 0 Å². The molecule has 0 aliphatic heterocycles. The van der Waals surface area contributed by atoms with E-state index < -0.39 is 21.6 Å². The van der Waals surface area contributed by atoms with E-state index in [1.54, 1.807) is 30.3 Å². The molecule has 0 aliphatic rings. The van der Waals surface area contributed by atoms with Gasteiger partial charge in [0, 0.05) is 21.5 Å². The Morgan fingerprint density at radius 1 is 0.966 bits per heavy atom. The van der Waals surface area contributed by atoms with Gasteiger partial charge in [-0.2, -0.15) is 0 Å². The third kappa shape index (κ3) is 3.62. The van der Waals surface area contributed by atoms with Crippen molar-refractivity contribution in [1.29, 1.82) is 0 Å². The molecule has 4 rings (SSSR count). The second-order valence-electron chi connectivity index (χ2n) is 6.30. The number of amides is 1. The van der Waals surface area contributed by atoms with Gasteiger partial charge in [0.1, 0.15) is 16.5 Å². The van der Waals surface area contributed by atoms with E-state index in [9.17, 15) is 17.6 Å². The van der Waals surface area contributed by atoms with E-state index >= 15 is 0 Å². The number of sulfone groups is 1. The third-order valence-electron chi connectivity index (χ3n) is 4.36. The van der Waals surface area contributed by atoms with Crippen molar-refractivity contribution in [3.05, 3.63) is 89.2 Å². The van der Waals surface area contributed by atoms with Crippen LogP contribution in [0.1, 0.15) is 10.4 Å². The second kappa shape index (κ2) is 7.35. The summed E-state index contributed by atoms with van der Waals surface area (Å²) in [5.74, 6) is -1.23. The number of hydrogen-bond donors (Lipinski definition) is 2. The molecule has 0 aliphatic carbocycles. The van der Waals surface area contributed by atoms with Crippen LogP contribution in [0.15, 0.2) is 82.6 Å². The maximum absolute atomic E-state index is 13.5. The van der Waals surface area contributed by atoms with Gasteiger partial charge in [0.05, 0.1) is 4.90 Å². The van der Waals surface area contributed by atoms with Crippen LogP contribution in [0.5, 0.6) is 0 Å². The summed E-state index contributed by atoms with van der Waals surface area (Å²) in [5.41, 5.74) is 0.545. The average molecular weight is 429 g/mol. The van der Waals surface area contributed by atoms with Crippen LogP contribution in [0.3, 0.4) is 0 Å². The lowest BCUT2D eigenvalue weighted by Crippen LogP contribution is -2.15. The predicted octanol–water partition coefficient (Wildman–Crippen LogP) is 5.05. The Hall–Kier alpha value is -3.16. The molecule has 1 amide bonds. The molecule has 0 fully saturated rings. The van der Waals surface area contributed by atoms with Crippen molar-refractivity contribution >= 4 is 44.1 Å². The minimum atomic E-state index is -3.98. The number of carbonyl (C=O) groups is 1. The zero-order valence-electron chi connectivity index (χ0n) is 14.8. The Morgan fingerprint density at radius 3 is 2.45 bits per heavy atom. The predicted molar refractivity (Wildman–Crippen MR) is 110 cm³/mol. The number of carbonyl (C=O) groups excluding carboxylic acids is 1. The minimum Gasteiger partial charge on any atom is -0.340 e. The number of anilines is 1. The van der Waals surface area contributed by atoms with Crippen molar-refractivity contribution in [3.8, 4) is 0 Å². The van der Waals surface area contributed by atoms with Crippen molar-refractivity contribution in [2.24, 2.45) is 0 Å². The van der Waals surface area contributed by atoms with Gasteiger partial charge in [-0.25, -0.2) is 12.8 Å². The number of halogens is 2. The lowest BCUT2D eigenvalue weighted by Gasteiger charge is -2.09. The van der Waals surface area contributed by atoms with Crippen molar-refractivity contribution in [3.63, 3.8) is 0 Å². The quantitative estimate of drug-likeness (QED) is 0.477. The molecule has 5 nitrogen and oxygen atoms in total. The van der Waals surface area contributed by atoms with E-state index in [4.69, 9.17) is 11.6 Å². The summed E-state index contributed by atoms with van der Waals surface area (Å²) in [4.78, 5) is 15.5. The number of fused-ring (bicyclic) bond motifs is 1. The number of nitrogens with one attached hydrogen (secondary N) is 2. The summed E-state index contributed by atoms with van der Waals surface area (Å²) >= 11 is 6.08. The standard InChI is InChI=1S/C21H14ClFN2O3S/c22-14-9-10-18-17(12-14)19(29(27,28)16-7-2-1-3-8-16)20(24-18)25-21(26)13-5-4-6-15(23)11-13/h1-12,24H,(H,25,26). The van der Waals surface area contributed by atoms with E-state index in [2.05, 4.69) is 10.3 Å². The van der Waals surface area contributed by atoms with Crippen molar-refractivity contribution in [2.45, 2.75) is 9.79 Å². The van der Waals surface area contributed by atoms with Gasteiger partial charge in [0.25, 0.3) is 5.91 Å². The number of hydrogen-bond acceptors (Lipinski definition) is 3. The van der Waals surface area contributed by atoms with Gasteiger partial charge in [-0.1, -0.05) is 35.9 Å². The largest absolute Gasteiger partial charge is 0.340 e. The Kier molecular flexibility index (Phi) is 4.86. The van der Waals surface area contributed by atoms with Crippen molar-refractivity contribution < 1.29 is 17.6 Å². The first kappa shape index (κ1) is 19.2. The highest BCUT2D eigenvalue weighted by molar-refractivity contribution is 7.92. The molecule has 0 unspecified atom stereocenters. The topological polar surface area (TPSA) is 79.0 Å². The Bertz CT molecular complexity index is 1330. The highest BCUT2D eigenvalue weighted by atomic mass is 35.5. The zero-order chi connectivity index (χ0) is 20.6. The van der Waals surface area contributed by atoms with Crippen LogP contribution in [0.2, 0.25) is 5.02 Å². The van der Waals surface area contributed by atoms with E-state index in [1.807, 2.05) is 0 Å². The minimum absolute atomic E-state index is 0.0135. The van der Waals surface area contributed by atoms with Gasteiger partial charge < -0.3 is 10.3 Å².